The van der Waals surface area contributed by atoms with Crippen LogP contribution in [-0.4, -0.2) is 11.7 Å². The van der Waals surface area contributed by atoms with Gasteiger partial charge in [0.2, 0.25) is 0 Å². The second-order valence-corrected chi connectivity index (χ2v) is 4.45. The van der Waals surface area contributed by atoms with Gasteiger partial charge in [0, 0.05) is 17.5 Å². The monoisotopic (exact) mass is 211 g/mol. The highest BCUT2D eigenvalue weighted by atomic mass is 35.5. The van der Waals surface area contributed by atoms with Gasteiger partial charge in [0.15, 0.2) is 0 Å². The summed E-state index contributed by atoms with van der Waals surface area (Å²) < 4.78 is 0. The topological polar surface area (TPSA) is 46.2 Å². The zero-order chi connectivity index (χ0) is 10.3. The van der Waals surface area contributed by atoms with Crippen molar-refractivity contribution in [1.29, 1.82) is 0 Å². The predicted octanol–water partition coefficient (Wildman–Crippen LogP) is 2.34. The van der Waals surface area contributed by atoms with Crippen LogP contribution < -0.4 is 5.73 Å². The van der Waals surface area contributed by atoms with Gasteiger partial charge in [-0.1, -0.05) is 17.7 Å². The molecular weight excluding hydrogens is 198 g/mol. The second-order valence-electron chi connectivity index (χ2n) is 4.08. The van der Waals surface area contributed by atoms with Crippen LogP contribution in [0, 0.1) is 6.92 Å². The molecule has 2 nitrogen and oxygen atoms in total. The Balaban J connectivity index is 2.57. The molecule has 76 valence electrons. The summed E-state index contributed by atoms with van der Waals surface area (Å²) in [5, 5.41) is 10.5. The minimum atomic E-state index is -0.0484. The van der Waals surface area contributed by atoms with Crippen molar-refractivity contribution >= 4 is 11.6 Å². The summed E-state index contributed by atoms with van der Waals surface area (Å²) in [5.74, 6) is 0.281. The van der Waals surface area contributed by atoms with Crippen LogP contribution in [0.1, 0.15) is 24.0 Å². The molecule has 0 saturated heterocycles. The Morgan fingerprint density at radius 2 is 2.14 bits per heavy atom. The number of aromatic hydroxyl groups is 1. The van der Waals surface area contributed by atoms with E-state index in [1.54, 1.807) is 6.07 Å². The lowest BCUT2D eigenvalue weighted by molar-refractivity contribution is 0.459. The van der Waals surface area contributed by atoms with Crippen molar-refractivity contribution in [3.8, 4) is 5.75 Å². The van der Waals surface area contributed by atoms with Gasteiger partial charge in [0.25, 0.3) is 0 Å². The number of hydrogen-bond donors (Lipinski definition) is 2. The summed E-state index contributed by atoms with van der Waals surface area (Å²) in [7, 11) is 0. The first-order valence-electron chi connectivity index (χ1n) is 4.79. The largest absolute Gasteiger partial charge is 0.508 e. The van der Waals surface area contributed by atoms with Gasteiger partial charge >= 0.3 is 0 Å². The summed E-state index contributed by atoms with van der Waals surface area (Å²) in [6.45, 7) is 2.50. The lowest BCUT2D eigenvalue weighted by Gasteiger charge is -2.17. The van der Waals surface area contributed by atoms with Crippen molar-refractivity contribution in [2.45, 2.75) is 25.2 Å². The third-order valence-corrected chi connectivity index (χ3v) is 3.57. The van der Waals surface area contributed by atoms with E-state index in [1.807, 2.05) is 13.0 Å². The van der Waals surface area contributed by atoms with Gasteiger partial charge in [-0.25, -0.2) is 0 Å². The fraction of sp³-hybridized carbons (Fsp3) is 0.455. The Bertz CT molecular complexity index is 372. The molecule has 0 aliphatic heterocycles. The van der Waals surface area contributed by atoms with Gasteiger partial charge in [-0.2, -0.15) is 0 Å². The van der Waals surface area contributed by atoms with Gasteiger partial charge < -0.3 is 10.8 Å². The SMILES string of the molecule is Cc1ccc(O)c(C2(CN)CC2)c1Cl. The molecule has 1 aromatic rings. The average molecular weight is 212 g/mol. The van der Waals surface area contributed by atoms with Gasteiger partial charge in [0.05, 0.1) is 5.02 Å². The number of aryl methyl sites for hydroxylation is 1. The van der Waals surface area contributed by atoms with Crippen molar-refractivity contribution in [2.75, 3.05) is 6.54 Å². The molecule has 14 heavy (non-hydrogen) atoms. The average Bonchev–Trinajstić information content (AvgIpc) is 2.93. The van der Waals surface area contributed by atoms with Crippen molar-refractivity contribution in [3.05, 3.63) is 28.3 Å². The lowest BCUT2D eigenvalue weighted by Crippen LogP contribution is -2.20. The quantitative estimate of drug-likeness (QED) is 0.789. The molecule has 0 heterocycles. The summed E-state index contributed by atoms with van der Waals surface area (Å²) in [6.07, 6.45) is 2.06. The molecule has 2 rings (SSSR count). The van der Waals surface area contributed by atoms with Crippen molar-refractivity contribution in [1.82, 2.24) is 0 Å². The molecule has 1 aliphatic rings. The maximum atomic E-state index is 9.78. The zero-order valence-corrected chi connectivity index (χ0v) is 8.93. The summed E-state index contributed by atoms with van der Waals surface area (Å²) in [4.78, 5) is 0. The predicted molar refractivity (Wildman–Crippen MR) is 57.8 cm³/mol. The van der Waals surface area contributed by atoms with E-state index in [4.69, 9.17) is 17.3 Å². The van der Waals surface area contributed by atoms with Crippen LogP contribution in [0.5, 0.6) is 5.75 Å². The molecule has 0 amide bonds. The number of hydrogen-bond acceptors (Lipinski definition) is 2. The fourth-order valence-electron chi connectivity index (χ4n) is 1.88. The van der Waals surface area contributed by atoms with E-state index in [0.29, 0.717) is 11.6 Å². The molecule has 0 aromatic heterocycles. The van der Waals surface area contributed by atoms with E-state index in [0.717, 1.165) is 24.0 Å². The fourth-order valence-corrected chi connectivity index (χ4v) is 2.24. The Morgan fingerprint density at radius 3 is 2.64 bits per heavy atom. The van der Waals surface area contributed by atoms with Gasteiger partial charge in [0.1, 0.15) is 5.75 Å². The number of nitrogens with two attached hydrogens (primary N) is 1. The molecule has 0 atom stereocenters. The third-order valence-electron chi connectivity index (χ3n) is 3.09. The molecule has 0 unspecified atom stereocenters. The summed E-state index contributed by atoms with van der Waals surface area (Å²) in [6, 6.07) is 3.53. The minimum Gasteiger partial charge on any atom is -0.508 e. The van der Waals surface area contributed by atoms with E-state index < -0.39 is 0 Å². The van der Waals surface area contributed by atoms with Crippen LogP contribution >= 0.6 is 11.6 Å². The molecular formula is C11H14ClNO. The van der Waals surface area contributed by atoms with Crippen LogP contribution in [0.25, 0.3) is 0 Å². The Hall–Kier alpha value is -0.730. The molecule has 1 aliphatic carbocycles. The van der Waals surface area contributed by atoms with Crippen LogP contribution in [0.3, 0.4) is 0 Å². The molecule has 0 spiro atoms. The number of rotatable bonds is 2. The van der Waals surface area contributed by atoms with Crippen molar-refractivity contribution in [3.63, 3.8) is 0 Å². The molecule has 1 aromatic carbocycles. The summed E-state index contributed by atoms with van der Waals surface area (Å²) in [5.41, 5.74) is 7.52. The van der Waals surface area contributed by atoms with Gasteiger partial charge in [-0.05, 0) is 31.4 Å². The molecule has 1 saturated carbocycles. The van der Waals surface area contributed by atoms with Crippen LogP contribution in [0.2, 0.25) is 5.02 Å². The molecule has 0 bridgehead atoms. The maximum absolute atomic E-state index is 9.78. The van der Waals surface area contributed by atoms with E-state index in [-0.39, 0.29) is 11.2 Å². The normalized spacial score (nSPS) is 18.2. The second kappa shape index (κ2) is 3.14. The molecule has 1 fully saturated rings. The molecule has 3 heteroatoms. The van der Waals surface area contributed by atoms with E-state index >= 15 is 0 Å². The third kappa shape index (κ3) is 1.30. The number of halogens is 1. The highest BCUT2D eigenvalue weighted by molar-refractivity contribution is 6.32. The van der Waals surface area contributed by atoms with E-state index in [2.05, 4.69) is 0 Å². The van der Waals surface area contributed by atoms with Crippen LogP contribution in [0.15, 0.2) is 12.1 Å². The Labute approximate surface area is 88.7 Å². The Morgan fingerprint density at radius 1 is 1.50 bits per heavy atom. The first-order valence-corrected chi connectivity index (χ1v) is 5.17. The van der Waals surface area contributed by atoms with E-state index in [9.17, 15) is 5.11 Å². The van der Waals surface area contributed by atoms with Gasteiger partial charge in [-0.15, -0.1) is 0 Å². The van der Waals surface area contributed by atoms with Crippen molar-refractivity contribution in [2.24, 2.45) is 5.73 Å². The first-order chi connectivity index (χ1) is 6.60. The highest BCUT2D eigenvalue weighted by Crippen LogP contribution is 2.53. The van der Waals surface area contributed by atoms with Crippen LogP contribution in [-0.2, 0) is 5.41 Å². The smallest absolute Gasteiger partial charge is 0.120 e. The maximum Gasteiger partial charge on any atom is 0.120 e. The summed E-state index contributed by atoms with van der Waals surface area (Å²) >= 11 is 6.19. The highest BCUT2D eigenvalue weighted by Gasteiger charge is 2.46. The minimum absolute atomic E-state index is 0.0484. The first kappa shape index (κ1) is 9.81. The number of phenolic OH excluding ortho intramolecular Hbond substituents is 1. The van der Waals surface area contributed by atoms with Crippen molar-refractivity contribution < 1.29 is 5.11 Å². The number of phenols is 1. The lowest BCUT2D eigenvalue weighted by atomic mass is 9.93. The number of benzene rings is 1. The van der Waals surface area contributed by atoms with Crippen LogP contribution in [0.4, 0.5) is 0 Å². The zero-order valence-electron chi connectivity index (χ0n) is 8.18. The molecule has 0 radical (unpaired) electrons. The standard InChI is InChI=1S/C11H14ClNO/c1-7-2-3-8(14)9(10(7)12)11(6-13)4-5-11/h2-3,14H,4-6,13H2,1H3. The van der Waals surface area contributed by atoms with E-state index in [1.165, 1.54) is 0 Å². The van der Waals surface area contributed by atoms with Gasteiger partial charge in [-0.3, -0.25) is 0 Å². The Kier molecular flexibility index (Phi) is 2.20. The molecule has 3 N–H and O–H groups in total.